The maximum atomic E-state index is 12.6. The largest absolute Gasteiger partial charge is 0.462 e. The second-order valence-corrected chi connectivity index (χ2v) is 7.03. The number of hydrogen-bond donors (Lipinski definition) is 0. The van der Waals surface area contributed by atoms with Crippen molar-refractivity contribution in [3.05, 3.63) is 34.4 Å². The molecule has 0 amide bonds. The Bertz CT molecular complexity index is 505. The molecule has 142 valence electrons. The van der Waals surface area contributed by atoms with Crippen LogP contribution in [0.15, 0.2) is 12.1 Å². The molecule has 0 unspecified atom stereocenters. The Morgan fingerprint density at radius 3 is 1.92 bits per heavy atom. The van der Waals surface area contributed by atoms with Gasteiger partial charge in [0, 0.05) is 0 Å². The van der Waals surface area contributed by atoms with Gasteiger partial charge in [0.1, 0.15) is 0 Å². The molecule has 0 bridgehead atoms. The summed E-state index contributed by atoms with van der Waals surface area (Å²) in [6, 6.07) is 4.21. The predicted octanol–water partition coefficient (Wildman–Crippen LogP) is 6.67. The van der Waals surface area contributed by atoms with Gasteiger partial charge in [0.25, 0.3) is 0 Å². The van der Waals surface area contributed by atoms with Gasteiger partial charge < -0.3 is 4.74 Å². The van der Waals surface area contributed by atoms with Crippen LogP contribution in [-0.2, 0) is 24.0 Å². The summed E-state index contributed by atoms with van der Waals surface area (Å²) in [6.07, 6.45) is 12.3. The van der Waals surface area contributed by atoms with E-state index in [1.807, 2.05) is 6.07 Å². The summed E-state index contributed by atoms with van der Waals surface area (Å²) in [5, 5.41) is 0. The van der Waals surface area contributed by atoms with E-state index in [0.29, 0.717) is 6.61 Å². The number of benzene rings is 1. The van der Waals surface area contributed by atoms with E-state index in [4.69, 9.17) is 4.74 Å². The van der Waals surface area contributed by atoms with Gasteiger partial charge in [0.15, 0.2) is 0 Å². The maximum absolute atomic E-state index is 12.6. The van der Waals surface area contributed by atoms with Gasteiger partial charge in [-0.1, -0.05) is 59.4 Å². The number of carbonyl (C=O) groups excluding carboxylic acids is 1. The smallest absolute Gasteiger partial charge is 0.338 e. The summed E-state index contributed by atoms with van der Waals surface area (Å²) < 4.78 is 5.53. The van der Waals surface area contributed by atoms with Gasteiger partial charge in [0.05, 0.1) is 12.2 Å². The van der Waals surface area contributed by atoms with E-state index in [9.17, 15) is 4.79 Å². The van der Waals surface area contributed by atoms with E-state index in [2.05, 4.69) is 33.8 Å². The van der Waals surface area contributed by atoms with Crippen molar-refractivity contribution in [3.63, 3.8) is 0 Å². The molecule has 0 heterocycles. The fourth-order valence-electron chi connectivity index (χ4n) is 3.23. The zero-order valence-corrected chi connectivity index (χ0v) is 17.0. The maximum Gasteiger partial charge on any atom is 0.338 e. The lowest BCUT2D eigenvalue weighted by Gasteiger charge is -2.19. The van der Waals surface area contributed by atoms with Crippen LogP contribution in [0.5, 0.6) is 0 Å². The highest BCUT2D eigenvalue weighted by Crippen LogP contribution is 2.26. The molecular formula is C23H38O2. The minimum absolute atomic E-state index is 0.126. The van der Waals surface area contributed by atoms with Crippen LogP contribution in [0.3, 0.4) is 0 Å². The summed E-state index contributed by atoms with van der Waals surface area (Å²) in [5.41, 5.74) is 4.97. The molecule has 0 atom stereocenters. The zero-order valence-electron chi connectivity index (χ0n) is 17.0. The van der Waals surface area contributed by atoms with Crippen LogP contribution in [0.2, 0.25) is 0 Å². The molecule has 1 aromatic carbocycles. The first kappa shape index (κ1) is 21.7. The van der Waals surface area contributed by atoms with Gasteiger partial charge in [-0.2, -0.15) is 0 Å². The molecule has 25 heavy (non-hydrogen) atoms. The predicted molar refractivity (Wildman–Crippen MR) is 107 cm³/mol. The molecule has 0 aliphatic heterocycles. The lowest BCUT2D eigenvalue weighted by molar-refractivity contribution is 0.0498. The van der Waals surface area contributed by atoms with Crippen LogP contribution in [0.1, 0.15) is 106 Å². The lowest BCUT2D eigenvalue weighted by Crippen LogP contribution is -2.13. The molecule has 1 rings (SSSR count). The lowest BCUT2D eigenvalue weighted by atomic mass is 9.87. The Hall–Kier alpha value is -1.31. The first-order valence-electron chi connectivity index (χ1n) is 10.5. The summed E-state index contributed by atoms with van der Waals surface area (Å²) in [6.45, 7) is 9.34. The Morgan fingerprint density at radius 1 is 0.760 bits per heavy atom. The normalized spacial score (nSPS) is 10.9. The molecule has 0 N–H and O–H groups in total. The minimum Gasteiger partial charge on any atom is -0.462 e. The molecule has 0 aromatic heterocycles. The fourth-order valence-corrected chi connectivity index (χ4v) is 3.23. The van der Waals surface area contributed by atoms with E-state index < -0.39 is 0 Å². The number of esters is 1. The number of rotatable bonds is 13. The minimum atomic E-state index is -0.126. The highest BCUT2D eigenvalue weighted by atomic mass is 16.5. The van der Waals surface area contributed by atoms with Gasteiger partial charge in [-0.25, -0.2) is 4.79 Å². The number of unbranched alkanes of at least 4 members (excludes halogenated alkanes) is 4. The third-order valence-corrected chi connectivity index (χ3v) is 4.84. The van der Waals surface area contributed by atoms with Crippen molar-refractivity contribution >= 4 is 5.97 Å². The van der Waals surface area contributed by atoms with Crippen molar-refractivity contribution in [3.8, 4) is 0 Å². The Kier molecular flexibility index (Phi) is 11.3. The zero-order chi connectivity index (χ0) is 18.5. The Labute approximate surface area is 155 Å². The molecule has 0 aliphatic rings. The molecule has 2 nitrogen and oxygen atoms in total. The standard InChI is InChI=1S/C23H38O2/c1-5-9-13-19-16-17-22(23(24)25-18-12-8-4)21(15-11-7-3)20(19)14-10-6-2/h16-17H,5-15,18H2,1-4H3. The number of aryl methyl sites for hydroxylation is 1. The molecular weight excluding hydrogens is 308 g/mol. The van der Waals surface area contributed by atoms with Crippen molar-refractivity contribution in [2.24, 2.45) is 0 Å². The van der Waals surface area contributed by atoms with Gasteiger partial charge >= 0.3 is 5.97 Å². The summed E-state index contributed by atoms with van der Waals surface area (Å²) in [7, 11) is 0. The summed E-state index contributed by atoms with van der Waals surface area (Å²) in [4.78, 5) is 12.6. The molecule has 0 fully saturated rings. The number of ether oxygens (including phenoxy) is 1. The van der Waals surface area contributed by atoms with Gasteiger partial charge in [0.2, 0.25) is 0 Å². The first-order chi connectivity index (χ1) is 12.2. The second kappa shape index (κ2) is 13.0. The van der Waals surface area contributed by atoms with E-state index in [1.165, 1.54) is 42.4 Å². The topological polar surface area (TPSA) is 26.3 Å². The average molecular weight is 347 g/mol. The van der Waals surface area contributed by atoms with Crippen molar-refractivity contribution in [2.45, 2.75) is 98.3 Å². The van der Waals surface area contributed by atoms with Crippen LogP contribution < -0.4 is 0 Å². The van der Waals surface area contributed by atoms with Crippen LogP contribution in [-0.4, -0.2) is 12.6 Å². The SMILES string of the molecule is CCCCOC(=O)c1ccc(CCCC)c(CCCC)c1CCCC. The van der Waals surface area contributed by atoms with E-state index >= 15 is 0 Å². The van der Waals surface area contributed by atoms with E-state index in [0.717, 1.165) is 50.5 Å². The van der Waals surface area contributed by atoms with Gasteiger partial charge in [-0.3, -0.25) is 0 Å². The number of carbonyl (C=O) groups is 1. The fraction of sp³-hybridized carbons (Fsp3) is 0.696. The highest BCUT2D eigenvalue weighted by Gasteiger charge is 2.18. The van der Waals surface area contributed by atoms with Crippen molar-refractivity contribution in [2.75, 3.05) is 6.61 Å². The van der Waals surface area contributed by atoms with Crippen molar-refractivity contribution in [1.29, 1.82) is 0 Å². The van der Waals surface area contributed by atoms with Gasteiger partial charge in [-0.05, 0) is 67.7 Å². The molecule has 0 radical (unpaired) electrons. The van der Waals surface area contributed by atoms with Crippen molar-refractivity contribution < 1.29 is 9.53 Å². The average Bonchev–Trinajstić information content (AvgIpc) is 2.63. The third-order valence-electron chi connectivity index (χ3n) is 4.84. The van der Waals surface area contributed by atoms with Crippen LogP contribution >= 0.6 is 0 Å². The summed E-state index contributed by atoms with van der Waals surface area (Å²) in [5.74, 6) is -0.126. The third kappa shape index (κ3) is 7.22. The molecule has 0 saturated heterocycles. The molecule has 0 aliphatic carbocycles. The molecule has 2 heteroatoms. The monoisotopic (exact) mass is 346 g/mol. The van der Waals surface area contributed by atoms with Gasteiger partial charge in [-0.15, -0.1) is 0 Å². The quantitative estimate of drug-likeness (QED) is 0.294. The molecule has 1 aromatic rings. The molecule has 0 spiro atoms. The Balaban J connectivity index is 3.17. The number of hydrogen-bond acceptors (Lipinski definition) is 2. The van der Waals surface area contributed by atoms with E-state index in [-0.39, 0.29) is 5.97 Å². The van der Waals surface area contributed by atoms with Crippen LogP contribution in [0.4, 0.5) is 0 Å². The molecule has 0 saturated carbocycles. The van der Waals surface area contributed by atoms with E-state index in [1.54, 1.807) is 0 Å². The van der Waals surface area contributed by atoms with Crippen LogP contribution in [0, 0.1) is 0 Å². The second-order valence-electron chi connectivity index (χ2n) is 7.03. The Morgan fingerprint density at radius 2 is 1.32 bits per heavy atom. The summed E-state index contributed by atoms with van der Waals surface area (Å²) >= 11 is 0. The van der Waals surface area contributed by atoms with Crippen molar-refractivity contribution in [1.82, 2.24) is 0 Å². The first-order valence-corrected chi connectivity index (χ1v) is 10.5. The van der Waals surface area contributed by atoms with Crippen LogP contribution in [0.25, 0.3) is 0 Å². The highest BCUT2D eigenvalue weighted by molar-refractivity contribution is 5.91.